The maximum absolute atomic E-state index is 13.6. The van der Waals surface area contributed by atoms with Crippen molar-refractivity contribution < 1.29 is 22.5 Å². The molecule has 2 aliphatic rings. The lowest BCUT2D eigenvalue weighted by Crippen LogP contribution is -2.37. The second-order valence-electron chi connectivity index (χ2n) is 10.0. The van der Waals surface area contributed by atoms with Crippen LogP contribution in [0.15, 0.2) is 48.2 Å². The van der Waals surface area contributed by atoms with E-state index in [2.05, 4.69) is 21.4 Å². The van der Waals surface area contributed by atoms with Crippen molar-refractivity contribution in [2.75, 3.05) is 13.2 Å². The summed E-state index contributed by atoms with van der Waals surface area (Å²) in [5.74, 6) is -0.502. The lowest BCUT2D eigenvalue weighted by atomic mass is 9.83. The van der Waals surface area contributed by atoms with E-state index in [-0.39, 0.29) is 24.2 Å². The molecule has 4 atom stereocenters. The molecule has 0 bridgehead atoms. The van der Waals surface area contributed by atoms with Gasteiger partial charge in [0.05, 0.1) is 34.4 Å². The van der Waals surface area contributed by atoms with E-state index >= 15 is 0 Å². The molecule has 9 nitrogen and oxygen atoms in total. The number of carbonyl (C=O) groups excluding carboxylic acids is 1. The minimum absolute atomic E-state index is 0.00760. The summed E-state index contributed by atoms with van der Waals surface area (Å²) >= 11 is 7.70. The number of hydrogen-bond acceptors (Lipinski definition) is 9. The highest BCUT2D eigenvalue weighted by Crippen LogP contribution is 2.41. The number of aromatic nitrogens is 2. The number of hydrogen-bond donors (Lipinski definition) is 3. The van der Waals surface area contributed by atoms with Crippen LogP contribution >= 0.6 is 22.9 Å². The van der Waals surface area contributed by atoms with Gasteiger partial charge in [-0.1, -0.05) is 23.7 Å². The standard InChI is InChI=1S/C26H29ClN4O5S2/c27-20-4-1-3-18(10-20)26(5-2-6-31-26)19-11-24(37-14-19)25(33)21-12-29-15-30-22(21)8-16-7-17(23(32)9-16)13-36-38(28,34)35/h1,3-4,10-12,14-17,23,31-32H,2,5-9,13H2,(H2,28,34,35)/t16-,17+,23-,26?/m0/s1. The summed E-state index contributed by atoms with van der Waals surface area (Å²) in [6.07, 6.45) is 5.59. The van der Waals surface area contributed by atoms with Gasteiger partial charge in [0, 0.05) is 17.1 Å². The molecule has 38 heavy (non-hydrogen) atoms. The smallest absolute Gasteiger partial charge is 0.333 e. The Hall–Kier alpha value is -2.25. The third kappa shape index (κ3) is 5.84. The van der Waals surface area contributed by atoms with Gasteiger partial charge in [-0.2, -0.15) is 8.42 Å². The van der Waals surface area contributed by atoms with E-state index in [1.807, 2.05) is 29.6 Å². The van der Waals surface area contributed by atoms with Gasteiger partial charge >= 0.3 is 10.3 Å². The van der Waals surface area contributed by atoms with Crippen molar-refractivity contribution in [1.29, 1.82) is 0 Å². The van der Waals surface area contributed by atoms with E-state index in [9.17, 15) is 18.3 Å². The van der Waals surface area contributed by atoms with E-state index in [0.29, 0.717) is 40.4 Å². The van der Waals surface area contributed by atoms with Crippen LogP contribution in [0.25, 0.3) is 0 Å². The van der Waals surface area contributed by atoms with Gasteiger partial charge in [0.2, 0.25) is 5.78 Å². The lowest BCUT2D eigenvalue weighted by molar-refractivity contribution is 0.100. The summed E-state index contributed by atoms with van der Waals surface area (Å²) in [6.45, 7) is 0.700. The highest BCUT2D eigenvalue weighted by Gasteiger charge is 2.39. The number of nitrogens with zero attached hydrogens (tertiary/aromatic N) is 2. The molecular weight excluding hydrogens is 548 g/mol. The Bertz CT molecular complexity index is 1420. The van der Waals surface area contributed by atoms with Gasteiger partial charge < -0.3 is 10.4 Å². The van der Waals surface area contributed by atoms with Gasteiger partial charge in [0.25, 0.3) is 0 Å². The van der Waals surface area contributed by atoms with E-state index in [0.717, 1.165) is 30.5 Å². The first-order valence-corrected chi connectivity index (χ1v) is 15.2. The summed E-state index contributed by atoms with van der Waals surface area (Å²) in [5, 5.41) is 21.7. The van der Waals surface area contributed by atoms with Crippen molar-refractivity contribution in [1.82, 2.24) is 15.3 Å². The van der Waals surface area contributed by atoms with Crippen molar-refractivity contribution in [2.45, 2.75) is 43.7 Å². The second-order valence-corrected chi connectivity index (χ2v) is 12.6. The first kappa shape index (κ1) is 27.3. The zero-order chi connectivity index (χ0) is 26.9. The van der Waals surface area contributed by atoms with Gasteiger partial charge in [-0.3, -0.25) is 8.98 Å². The number of thiophene rings is 1. The van der Waals surface area contributed by atoms with Crippen LogP contribution in [0.4, 0.5) is 0 Å². The Kier molecular flexibility index (Phi) is 7.97. The Morgan fingerprint density at radius 1 is 1.29 bits per heavy atom. The molecule has 1 saturated carbocycles. The molecule has 5 rings (SSSR count). The maximum Gasteiger partial charge on any atom is 0.333 e. The molecule has 0 spiro atoms. The predicted molar refractivity (Wildman–Crippen MR) is 144 cm³/mol. The number of nitrogens with one attached hydrogen (secondary N) is 1. The highest BCUT2D eigenvalue weighted by molar-refractivity contribution is 7.84. The molecule has 0 radical (unpaired) electrons. The molecule has 1 aromatic carbocycles. The van der Waals surface area contributed by atoms with Gasteiger partial charge in [-0.15, -0.1) is 11.3 Å². The van der Waals surface area contributed by atoms with Crippen LogP contribution in [0.2, 0.25) is 5.02 Å². The fourth-order valence-electron chi connectivity index (χ4n) is 5.69. The van der Waals surface area contributed by atoms with Gasteiger partial charge in [-0.05, 0) is 79.3 Å². The molecule has 2 fully saturated rings. The van der Waals surface area contributed by atoms with E-state index in [1.165, 1.54) is 23.9 Å². The highest BCUT2D eigenvalue weighted by atomic mass is 35.5. The minimum atomic E-state index is -4.07. The number of aliphatic hydroxyl groups excluding tert-OH is 1. The average molecular weight is 577 g/mol. The zero-order valence-electron chi connectivity index (χ0n) is 20.5. The Morgan fingerprint density at radius 2 is 2.13 bits per heavy atom. The zero-order valence-corrected chi connectivity index (χ0v) is 22.9. The fraction of sp³-hybridized carbons (Fsp3) is 0.423. The maximum atomic E-state index is 13.6. The van der Waals surface area contributed by atoms with E-state index in [1.54, 1.807) is 0 Å². The first-order valence-electron chi connectivity index (χ1n) is 12.4. The van der Waals surface area contributed by atoms with Crippen LogP contribution < -0.4 is 10.5 Å². The molecule has 1 saturated heterocycles. The number of ketones is 1. The second kappa shape index (κ2) is 11.1. The average Bonchev–Trinajstić information content (AvgIpc) is 3.63. The summed E-state index contributed by atoms with van der Waals surface area (Å²) in [4.78, 5) is 22.7. The number of aliphatic hydroxyl groups is 1. The normalized spacial score (nSPS) is 25.6. The van der Waals surface area contributed by atoms with Crippen molar-refractivity contribution in [3.05, 3.63) is 80.5 Å². The Morgan fingerprint density at radius 3 is 2.87 bits per heavy atom. The molecule has 3 aromatic rings. The number of nitrogens with two attached hydrogens (primary N) is 1. The third-order valence-electron chi connectivity index (χ3n) is 7.51. The van der Waals surface area contributed by atoms with E-state index < -0.39 is 21.9 Å². The van der Waals surface area contributed by atoms with Gasteiger partial charge in [-0.25, -0.2) is 15.1 Å². The number of halogens is 1. The summed E-state index contributed by atoms with van der Waals surface area (Å²) in [5.41, 5.74) is 2.73. The van der Waals surface area contributed by atoms with Crippen LogP contribution in [-0.2, 0) is 26.4 Å². The van der Waals surface area contributed by atoms with Crippen molar-refractivity contribution in [2.24, 2.45) is 17.0 Å². The molecule has 12 heteroatoms. The molecule has 4 N–H and O–H groups in total. The molecular formula is C26H29ClN4O5S2. The monoisotopic (exact) mass is 576 g/mol. The lowest BCUT2D eigenvalue weighted by Gasteiger charge is -2.30. The predicted octanol–water partition coefficient (Wildman–Crippen LogP) is 3.20. The Balaban J connectivity index is 1.35. The van der Waals surface area contributed by atoms with Crippen LogP contribution in [0, 0.1) is 11.8 Å². The number of benzene rings is 1. The number of carbonyl (C=O) groups is 1. The van der Waals surface area contributed by atoms with Crippen LogP contribution in [0.1, 0.15) is 57.7 Å². The fourth-order valence-corrected chi connectivity index (χ4v) is 7.18. The number of rotatable bonds is 9. The Labute approximate surface area is 230 Å². The molecule has 1 aliphatic carbocycles. The molecule has 1 unspecified atom stereocenters. The molecule has 1 aliphatic heterocycles. The SMILES string of the molecule is NS(=O)(=O)OC[C@H]1C[C@@H](Cc2ncncc2C(=O)c2cc(C3(c4cccc(Cl)c4)CCCN3)cs2)C[C@@H]1O. The quantitative estimate of drug-likeness (QED) is 0.329. The van der Waals surface area contributed by atoms with Crippen LogP contribution in [0.3, 0.4) is 0 Å². The first-order chi connectivity index (χ1) is 18.1. The van der Waals surface area contributed by atoms with Crippen LogP contribution in [0.5, 0.6) is 0 Å². The molecule has 3 heterocycles. The summed E-state index contributed by atoms with van der Waals surface area (Å²) in [6, 6.07) is 9.77. The third-order valence-corrected chi connectivity index (χ3v) is 9.14. The van der Waals surface area contributed by atoms with Crippen molar-refractivity contribution in [3.8, 4) is 0 Å². The summed E-state index contributed by atoms with van der Waals surface area (Å²) < 4.78 is 27.0. The van der Waals surface area contributed by atoms with Crippen molar-refractivity contribution >= 4 is 39.0 Å². The molecule has 0 amide bonds. The van der Waals surface area contributed by atoms with Gasteiger partial charge in [0.1, 0.15) is 6.33 Å². The topological polar surface area (TPSA) is 144 Å². The largest absolute Gasteiger partial charge is 0.393 e. The molecule has 2 aromatic heterocycles. The van der Waals surface area contributed by atoms with Crippen LogP contribution in [-0.4, -0.2) is 48.5 Å². The van der Waals surface area contributed by atoms with Gasteiger partial charge in [0.15, 0.2) is 0 Å². The minimum Gasteiger partial charge on any atom is -0.393 e. The molecule has 202 valence electrons. The summed E-state index contributed by atoms with van der Waals surface area (Å²) in [7, 11) is -4.07. The van der Waals surface area contributed by atoms with E-state index in [4.69, 9.17) is 20.9 Å². The van der Waals surface area contributed by atoms with Crippen molar-refractivity contribution in [3.63, 3.8) is 0 Å².